The van der Waals surface area contributed by atoms with E-state index in [1.54, 1.807) is 0 Å². The number of rotatable bonds is 2. The molecule has 0 bridgehead atoms. The van der Waals surface area contributed by atoms with Crippen molar-refractivity contribution in [2.75, 3.05) is 33.2 Å². The maximum atomic E-state index is 9.85. The van der Waals surface area contributed by atoms with Gasteiger partial charge in [0.1, 0.15) is 0 Å². The molecule has 1 aliphatic carbocycles. The van der Waals surface area contributed by atoms with E-state index in [0.717, 1.165) is 39.0 Å². The summed E-state index contributed by atoms with van der Waals surface area (Å²) in [4.78, 5) is 2.34. The molecule has 1 heterocycles. The third kappa shape index (κ3) is 3.14. The van der Waals surface area contributed by atoms with E-state index in [-0.39, 0.29) is 6.10 Å². The van der Waals surface area contributed by atoms with Gasteiger partial charge in [-0.3, -0.25) is 0 Å². The van der Waals surface area contributed by atoms with Gasteiger partial charge in [0.25, 0.3) is 0 Å². The smallest absolute Gasteiger partial charge is 0.0706 e. The zero-order chi connectivity index (χ0) is 10.7. The Hall–Kier alpha value is -0.160. The van der Waals surface area contributed by atoms with Crippen LogP contribution in [0.25, 0.3) is 0 Å². The first-order valence-electron chi connectivity index (χ1n) is 6.13. The number of aliphatic hydroxyl groups excluding tert-OH is 1. The van der Waals surface area contributed by atoms with Crippen LogP contribution in [0.2, 0.25) is 0 Å². The van der Waals surface area contributed by atoms with Crippen molar-refractivity contribution >= 4 is 0 Å². The standard InChI is InChI=1S/C11H23N3O/c1-13-6-8-14(9-7-13)12-10-4-2-3-5-11(10)15/h10-12,15H,2-9H2,1H3/t10-,11-/m1/s1. The lowest BCUT2D eigenvalue weighted by Crippen LogP contribution is -2.56. The van der Waals surface area contributed by atoms with Crippen molar-refractivity contribution in [2.45, 2.75) is 37.8 Å². The third-order valence-electron chi connectivity index (χ3n) is 3.58. The lowest BCUT2D eigenvalue weighted by molar-refractivity contribution is 0.0199. The highest BCUT2D eigenvalue weighted by atomic mass is 16.3. The minimum Gasteiger partial charge on any atom is -0.391 e. The number of hydrogen-bond donors (Lipinski definition) is 2. The highest BCUT2D eigenvalue weighted by Crippen LogP contribution is 2.18. The lowest BCUT2D eigenvalue weighted by atomic mass is 9.93. The normalized spacial score (nSPS) is 35.6. The summed E-state index contributed by atoms with van der Waals surface area (Å²) in [6.45, 7) is 4.38. The summed E-state index contributed by atoms with van der Waals surface area (Å²) in [7, 11) is 2.16. The topological polar surface area (TPSA) is 38.7 Å². The molecule has 1 saturated heterocycles. The molecule has 15 heavy (non-hydrogen) atoms. The fourth-order valence-electron chi connectivity index (χ4n) is 2.43. The predicted molar refractivity (Wildman–Crippen MR) is 60.5 cm³/mol. The van der Waals surface area contributed by atoms with Gasteiger partial charge in [-0.1, -0.05) is 12.8 Å². The molecule has 2 fully saturated rings. The summed E-state index contributed by atoms with van der Waals surface area (Å²) < 4.78 is 0. The highest BCUT2D eigenvalue weighted by molar-refractivity contribution is 4.80. The molecule has 1 aliphatic heterocycles. The highest BCUT2D eigenvalue weighted by Gasteiger charge is 2.25. The van der Waals surface area contributed by atoms with Crippen LogP contribution in [0.3, 0.4) is 0 Å². The molecule has 2 N–H and O–H groups in total. The van der Waals surface area contributed by atoms with Crippen molar-refractivity contribution in [3.05, 3.63) is 0 Å². The third-order valence-corrected chi connectivity index (χ3v) is 3.58. The van der Waals surface area contributed by atoms with Gasteiger partial charge in [0.2, 0.25) is 0 Å². The zero-order valence-corrected chi connectivity index (χ0v) is 9.65. The molecule has 4 nitrogen and oxygen atoms in total. The van der Waals surface area contributed by atoms with Crippen LogP contribution < -0.4 is 5.43 Å². The summed E-state index contributed by atoms with van der Waals surface area (Å²) >= 11 is 0. The summed E-state index contributed by atoms with van der Waals surface area (Å²) in [5.41, 5.74) is 3.48. The van der Waals surface area contributed by atoms with Crippen LogP contribution in [-0.4, -0.2) is 60.4 Å². The molecule has 4 heteroatoms. The van der Waals surface area contributed by atoms with Gasteiger partial charge in [0.15, 0.2) is 0 Å². The molecule has 0 aromatic rings. The average Bonchev–Trinajstić information content (AvgIpc) is 2.25. The Bertz CT molecular complexity index is 192. The second-order valence-corrected chi connectivity index (χ2v) is 4.88. The molecule has 2 atom stereocenters. The molecule has 0 aromatic heterocycles. The summed E-state index contributed by atoms with van der Waals surface area (Å²) in [6, 6.07) is 0.294. The molecule has 0 aromatic carbocycles. The minimum atomic E-state index is -0.140. The Morgan fingerprint density at radius 3 is 2.40 bits per heavy atom. The van der Waals surface area contributed by atoms with E-state index in [1.807, 2.05) is 0 Å². The second kappa shape index (κ2) is 5.25. The first-order chi connectivity index (χ1) is 7.25. The Morgan fingerprint density at radius 2 is 1.73 bits per heavy atom. The molecule has 0 amide bonds. The van der Waals surface area contributed by atoms with E-state index < -0.39 is 0 Å². The van der Waals surface area contributed by atoms with Crippen LogP contribution in [0.15, 0.2) is 0 Å². The first-order valence-corrected chi connectivity index (χ1v) is 6.13. The molecular formula is C11H23N3O. The number of likely N-dealkylation sites (N-methyl/N-ethyl adjacent to an activating group) is 1. The second-order valence-electron chi connectivity index (χ2n) is 4.88. The van der Waals surface area contributed by atoms with E-state index in [2.05, 4.69) is 22.4 Å². The van der Waals surface area contributed by atoms with Crippen molar-refractivity contribution < 1.29 is 5.11 Å². The monoisotopic (exact) mass is 213 g/mol. The van der Waals surface area contributed by atoms with Crippen molar-refractivity contribution in [1.82, 2.24) is 15.3 Å². The quantitative estimate of drug-likeness (QED) is 0.679. The van der Waals surface area contributed by atoms with Gasteiger partial charge in [-0.05, 0) is 19.9 Å². The van der Waals surface area contributed by atoms with Gasteiger partial charge in [-0.25, -0.2) is 10.4 Å². The summed E-state index contributed by atoms with van der Waals surface area (Å²) in [6.07, 6.45) is 4.38. The van der Waals surface area contributed by atoms with Crippen LogP contribution in [0, 0.1) is 0 Å². The van der Waals surface area contributed by atoms with Gasteiger partial charge < -0.3 is 10.0 Å². The van der Waals surface area contributed by atoms with Crippen LogP contribution in [0.4, 0.5) is 0 Å². The average molecular weight is 213 g/mol. The molecule has 1 saturated carbocycles. The van der Waals surface area contributed by atoms with E-state index in [4.69, 9.17) is 0 Å². The predicted octanol–water partition coefficient (Wildman–Crippen LogP) is 0.0419. The minimum absolute atomic E-state index is 0.140. The number of hydrazine groups is 1. The van der Waals surface area contributed by atoms with Gasteiger partial charge in [-0.2, -0.15) is 0 Å². The number of hydrogen-bond acceptors (Lipinski definition) is 4. The number of piperazine rings is 1. The van der Waals surface area contributed by atoms with E-state index in [0.29, 0.717) is 6.04 Å². The van der Waals surface area contributed by atoms with Crippen LogP contribution in [0.1, 0.15) is 25.7 Å². The van der Waals surface area contributed by atoms with Gasteiger partial charge >= 0.3 is 0 Å². The lowest BCUT2D eigenvalue weighted by Gasteiger charge is -2.38. The Morgan fingerprint density at radius 1 is 1.07 bits per heavy atom. The molecule has 0 radical (unpaired) electrons. The number of aliphatic hydroxyl groups is 1. The fraction of sp³-hybridized carbons (Fsp3) is 1.00. The SMILES string of the molecule is CN1CCN(N[C@@H]2CCCC[C@H]2O)CC1. The molecule has 0 spiro atoms. The van der Waals surface area contributed by atoms with Crippen molar-refractivity contribution in [2.24, 2.45) is 0 Å². The Labute approximate surface area is 92.2 Å². The van der Waals surface area contributed by atoms with Crippen LogP contribution in [-0.2, 0) is 0 Å². The molecular weight excluding hydrogens is 190 g/mol. The van der Waals surface area contributed by atoms with Crippen LogP contribution in [0.5, 0.6) is 0 Å². The number of nitrogens with one attached hydrogen (secondary N) is 1. The van der Waals surface area contributed by atoms with Gasteiger partial charge in [0.05, 0.1) is 6.10 Å². The van der Waals surface area contributed by atoms with Crippen molar-refractivity contribution in [3.63, 3.8) is 0 Å². The fourth-order valence-corrected chi connectivity index (χ4v) is 2.43. The first kappa shape index (κ1) is 11.3. The van der Waals surface area contributed by atoms with Crippen molar-refractivity contribution in [3.8, 4) is 0 Å². The summed E-state index contributed by atoms with van der Waals surface area (Å²) in [5.74, 6) is 0. The van der Waals surface area contributed by atoms with E-state index in [9.17, 15) is 5.11 Å². The largest absolute Gasteiger partial charge is 0.391 e. The maximum absolute atomic E-state index is 9.85. The summed E-state index contributed by atoms with van der Waals surface area (Å²) in [5, 5.41) is 12.1. The number of nitrogens with zero attached hydrogens (tertiary/aromatic N) is 2. The van der Waals surface area contributed by atoms with Gasteiger partial charge in [-0.15, -0.1) is 0 Å². The molecule has 2 rings (SSSR count). The Balaban J connectivity index is 1.75. The van der Waals surface area contributed by atoms with E-state index >= 15 is 0 Å². The van der Waals surface area contributed by atoms with Crippen LogP contribution >= 0.6 is 0 Å². The Kier molecular flexibility index (Phi) is 3.97. The molecule has 2 aliphatic rings. The van der Waals surface area contributed by atoms with Crippen molar-refractivity contribution in [1.29, 1.82) is 0 Å². The molecule has 0 unspecified atom stereocenters. The maximum Gasteiger partial charge on any atom is 0.0706 e. The molecule has 88 valence electrons. The van der Waals surface area contributed by atoms with Gasteiger partial charge in [0, 0.05) is 32.2 Å². The zero-order valence-electron chi connectivity index (χ0n) is 9.65. The van der Waals surface area contributed by atoms with E-state index in [1.165, 1.54) is 12.8 Å².